The summed E-state index contributed by atoms with van der Waals surface area (Å²) in [6.07, 6.45) is 1.64. The Morgan fingerprint density at radius 1 is 0.970 bits per heavy atom. The van der Waals surface area contributed by atoms with Crippen LogP contribution in [0.25, 0.3) is 0 Å². The maximum atomic E-state index is 13.6. The van der Waals surface area contributed by atoms with Crippen molar-refractivity contribution < 1.29 is 9.59 Å². The molecule has 2 aliphatic heterocycles. The Hall–Kier alpha value is -3.55. The summed E-state index contributed by atoms with van der Waals surface area (Å²) in [6, 6.07) is 21.6. The molecule has 0 bridgehead atoms. The van der Waals surface area contributed by atoms with E-state index in [0.717, 1.165) is 26.2 Å². The SMILES string of the molecule is CC(c1ccccc1)N1CCN(CC(=O)N2c3ccccc3C(=O)Nc3cccnc32)CC1. The Balaban J connectivity index is 1.33. The molecule has 0 aliphatic carbocycles. The molecule has 7 nitrogen and oxygen atoms in total. The number of nitrogens with one attached hydrogen (secondary N) is 1. The summed E-state index contributed by atoms with van der Waals surface area (Å²) in [6.45, 7) is 5.92. The van der Waals surface area contributed by atoms with Crippen molar-refractivity contribution in [1.29, 1.82) is 0 Å². The Kier molecular flexibility index (Phi) is 5.90. The first kappa shape index (κ1) is 21.3. The minimum Gasteiger partial charge on any atom is -0.319 e. The molecule has 2 aliphatic rings. The molecule has 1 aromatic heterocycles. The number of amides is 2. The maximum Gasteiger partial charge on any atom is 0.257 e. The molecule has 1 fully saturated rings. The Morgan fingerprint density at radius 2 is 1.70 bits per heavy atom. The number of hydrogen-bond donors (Lipinski definition) is 1. The van der Waals surface area contributed by atoms with Gasteiger partial charge in [-0.25, -0.2) is 4.98 Å². The molecule has 7 heteroatoms. The van der Waals surface area contributed by atoms with Gasteiger partial charge in [-0.15, -0.1) is 0 Å². The van der Waals surface area contributed by atoms with Gasteiger partial charge in [0.1, 0.15) is 0 Å². The molecule has 1 unspecified atom stereocenters. The van der Waals surface area contributed by atoms with Gasteiger partial charge in [0.15, 0.2) is 5.82 Å². The molecule has 0 spiro atoms. The van der Waals surface area contributed by atoms with Crippen LogP contribution in [0.2, 0.25) is 0 Å². The molecule has 1 N–H and O–H groups in total. The van der Waals surface area contributed by atoms with E-state index < -0.39 is 0 Å². The second-order valence-corrected chi connectivity index (χ2v) is 8.47. The number of pyridine rings is 1. The van der Waals surface area contributed by atoms with Crippen molar-refractivity contribution in [3.8, 4) is 0 Å². The van der Waals surface area contributed by atoms with Crippen LogP contribution in [-0.4, -0.2) is 59.3 Å². The molecule has 0 radical (unpaired) electrons. The average Bonchev–Trinajstić information content (AvgIpc) is 2.98. The van der Waals surface area contributed by atoms with Crippen LogP contribution in [0.1, 0.15) is 28.9 Å². The molecule has 0 saturated carbocycles. The Bertz CT molecular complexity index is 1160. The number of anilines is 3. The van der Waals surface area contributed by atoms with Gasteiger partial charge in [0.05, 0.1) is 23.5 Å². The normalized spacial score (nSPS) is 17.5. The van der Waals surface area contributed by atoms with E-state index >= 15 is 0 Å². The van der Waals surface area contributed by atoms with Crippen LogP contribution in [0.3, 0.4) is 0 Å². The molecule has 1 saturated heterocycles. The van der Waals surface area contributed by atoms with Gasteiger partial charge in [0.25, 0.3) is 5.91 Å². The van der Waals surface area contributed by atoms with Gasteiger partial charge in [-0.3, -0.25) is 24.3 Å². The highest BCUT2D eigenvalue weighted by atomic mass is 16.2. The van der Waals surface area contributed by atoms with Crippen LogP contribution in [-0.2, 0) is 4.79 Å². The van der Waals surface area contributed by atoms with E-state index in [9.17, 15) is 9.59 Å². The van der Waals surface area contributed by atoms with Crippen LogP contribution in [0.5, 0.6) is 0 Å². The van der Waals surface area contributed by atoms with Gasteiger partial charge in [-0.2, -0.15) is 0 Å². The zero-order valence-electron chi connectivity index (χ0n) is 18.6. The summed E-state index contributed by atoms with van der Waals surface area (Å²) >= 11 is 0. The van der Waals surface area contributed by atoms with Gasteiger partial charge < -0.3 is 5.32 Å². The predicted octanol–water partition coefficient (Wildman–Crippen LogP) is 3.69. The number of rotatable bonds is 4. The van der Waals surface area contributed by atoms with Crippen molar-refractivity contribution in [2.45, 2.75) is 13.0 Å². The molecule has 3 heterocycles. The lowest BCUT2D eigenvalue weighted by Crippen LogP contribution is -2.50. The van der Waals surface area contributed by atoms with Crippen molar-refractivity contribution in [3.63, 3.8) is 0 Å². The summed E-state index contributed by atoms with van der Waals surface area (Å²) < 4.78 is 0. The van der Waals surface area contributed by atoms with Crippen molar-refractivity contribution in [3.05, 3.63) is 84.1 Å². The maximum absolute atomic E-state index is 13.6. The van der Waals surface area contributed by atoms with Crippen LogP contribution in [0, 0.1) is 0 Å². The van der Waals surface area contributed by atoms with E-state index in [1.807, 2.05) is 12.1 Å². The second-order valence-electron chi connectivity index (χ2n) is 8.47. The summed E-state index contributed by atoms with van der Waals surface area (Å²) in [4.78, 5) is 37.0. The first-order valence-electron chi connectivity index (χ1n) is 11.3. The monoisotopic (exact) mass is 441 g/mol. The number of carbonyl (C=O) groups is 2. The van der Waals surface area contributed by atoms with Gasteiger partial charge in [0.2, 0.25) is 5.91 Å². The van der Waals surface area contributed by atoms with Gasteiger partial charge in [-0.05, 0) is 36.8 Å². The van der Waals surface area contributed by atoms with E-state index in [1.165, 1.54) is 5.56 Å². The fourth-order valence-electron chi connectivity index (χ4n) is 4.60. The predicted molar refractivity (Wildman–Crippen MR) is 129 cm³/mol. The van der Waals surface area contributed by atoms with Crippen LogP contribution < -0.4 is 10.2 Å². The largest absolute Gasteiger partial charge is 0.319 e. The molecule has 5 rings (SSSR count). The summed E-state index contributed by atoms with van der Waals surface area (Å²) in [7, 11) is 0. The molecule has 168 valence electrons. The highest BCUT2D eigenvalue weighted by molar-refractivity contribution is 6.17. The van der Waals surface area contributed by atoms with E-state index in [2.05, 4.69) is 51.3 Å². The van der Waals surface area contributed by atoms with Crippen molar-refractivity contribution >= 4 is 29.0 Å². The topological polar surface area (TPSA) is 68.8 Å². The minimum atomic E-state index is -0.237. The molecule has 2 amide bonds. The fraction of sp³-hybridized carbons (Fsp3) is 0.269. The number of benzene rings is 2. The number of aromatic nitrogens is 1. The number of para-hydroxylation sites is 1. The smallest absolute Gasteiger partial charge is 0.257 e. The van der Waals surface area contributed by atoms with Gasteiger partial charge in [0, 0.05) is 38.4 Å². The fourth-order valence-corrected chi connectivity index (χ4v) is 4.60. The third-order valence-electron chi connectivity index (χ3n) is 6.48. The molecule has 3 aromatic rings. The second kappa shape index (κ2) is 9.13. The van der Waals surface area contributed by atoms with E-state index in [-0.39, 0.29) is 18.4 Å². The molecular formula is C26H27N5O2. The third kappa shape index (κ3) is 4.25. The zero-order chi connectivity index (χ0) is 22.8. The number of fused-ring (bicyclic) bond motifs is 2. The number of carbonyl (C=O) groups excluding carboxylic acids is 2. The lowest BCUT2D eigenvalue weighted by Gasteiger charge is -2.38. The summed E-state index contributed by atoms with van der Waals surface area (Å²) in [5, 5.41) is 2.89. The third-order valence-corrected chi connectivity index (χ3v) is 6.48. The van der Waals surface area contributed by atoms with E-state index in [4.69, 9.17) is 0 Å². The highest BCUT2D eigenvalue weighted by Gasteiger charge is 2.32. The van der Waals surface area contributed by atoms with E-state index in [1.54, 1.807) is 41.4 Å². The van der Waals surface area contributed by atoms with Crippen molar-refractivity contribution in [1.82, 2.24) is 14.8 Å². The number of nitrogens with zero attached hydrogens (tertiary/aromatic N) is 4. The summed E-state index contributed by atoms with van der Waals surface area (Å²) in [5.41, 5.74) is 2.87. The molecule has 33 heavy (non-hydrogen) atoms. The zero-order valence-corrected chi connectivity index (χ0v) is 18.6. The first-order chi connectivity index (χ1) is 16.1. The lowest BCUT2D eigenvalue weighted by atomic mass is 10.1. The van der Waals surface area contributed by atoms with Gasteiger partial charge in [-0.1, -0.05) is 42.5 Å². The molecule has 2 aromatic carbocycles. The number of piperazine rings is 1. The molecule has 1 atom stereocenters. The highest BCUT2D eigenvalue weighted by Crippen LogP contribution is 2.36. The Labute approximate surface area is 193 Å². The van der Waals surface area contributed by atoms with Crippen molar-refractivity contribution in [2.24, 2.45) is 0 Å². The lowest BCUT2D eigenvalue weighted by molar-refractivity contribution is -0.119. The Morgan fingerprint density at radius 3 is 2.48 bits per heavy atom. The molecular weight excluding hydrogens is 414 g/mol. The minimum absolute atomic E-state index is 0.0940. The van der Waals surface area contributed by atoms with Crippen molar-refractivity contribution in [2.75, 3.05) is 42.9 Å². The van der Waals surface area contributed by atoms with Gasteiger partial charge >= 0.3 is 0 Å². The quantitative estimate of drug-likeness (QED) is 0.669. The standard InChI is InChI=1S/C26H27N5O2/c1-19(20-8-3-2-4-9-20)30-16-14-29(15-17-30)18-24(32)31-23-12-6-5-10-21(23)26(33)28-22-11-7-13-27-25(22)31/h2-13,19H,14-18H2,1H3,(H,28,33). The van der Waals surface area contributed by atoms with E-state index in [0.29, 0.717) is 28.8 Å². The summed E-state index contributed by atoms with van der Waals surface area (Å²) in [5.74, 6) is 0.124. The first-order valence-corrected chi connectivity index (χ1v) is 11.3. The van der Waals surface area contributed by atoms with Crippen LogP contribution >= 0.6 is 0 Å². The number of hydrogen-bond acceptors (Lipinski definition) is 5. The van der Waals surface area contributed by atoms with Crippen LogP contribution in [0.15, 0.2) is 72.9 Å². The van der Waals surface area contributed by atoms with Crippen LogP contribution in [0.4, 0.5) is 17.2 Å². The average molecular weight is 442 g/mol.